The monoisotopic (exact) mass is 163 g/mol. The summed E-state index contributed by atoms with van der Waals surface area (Å²) in [6.45, 7) is 2.74. The number of rotatable bonds is 4. The average molecular weight is 163 g/mol. The van der Waals surface area contributed by atoms with Crippen LogP contribution in [-0.2, 0) is 0 Å². The highest BCUT2D eigenvalue weighted by molar-refractivity contribution is 4.71. The van der Waals surface area contributed by atoms with Crippen molar-refractivity contribution >= 4 is 0 Å². The van der Waals surface area contributed by atoms with Gasteiger partial charge in [0, 0.05) is 23.8 Å². The third kappa shape index (κ3) is 3.78. The summed E-state index contributed by atoms with van der Waals surface area (Å²) in [6, 6.07) is 0. The Bertz CT molecular complexity index is 161. The van der Waals surface area contributed by atoms with Gasteiger partial charge >= 0.3 is 0 Å². The standard InChI is InChI=1S/C6H11F2N3/c1-5(2)6(7,8)3-4-10-11-9/h5H,3-4H2,1-2H3. The van der Waals surface area contributed by atoms with E-state index in [0.717, 1.165) is 0 Å². The van der Waals surface area contributed by atoms with E-state index in [1.54, 1.807) is 0 Å². The van der Waals surface area contributed by atoms with Crippen LogP contribution < -0.4 is 0 Å². The first-order valence-electron chi connectivity index (χ1n) is 3.39. The number of halogens is 2. The molecule has 0 heterocycles. The minimum absolute atomic E-state index is 0.137. The predicted octanol–water partition coefficient (Wildman–Crippen LogP) is 2.98. The fourth-order valence-electron chi connectivity index (χ4n) is 0.532. The van der Waals surface area contributed by atoms with E-state index >= 15 is 0 Å². The molecule has 0 aliphatic carbocycles. The molecule has 0 saturated heterocycles. The van der Waals surface area contributed by atoms with Gasteiger partial charge < -0.3 is 0 Å². The van der Waals surface area contributed by atoms with Crippen LogP contribution in [0.2, 0.25) is 0 Å². The zero-order chi connectivity index (χ0) is 8.91. The van der Waals surface area contributed by atoms with Crippen LogP contribution in [0.5, 0.6) is 0 Å². The Labute approximate surface area is 64.0 Å². The Morgan fingerprint density at radius 3 is 2.45 bits per heavy atom. The Balaban J connectivity index is 3.81. The lowest BCUT2D eigenvalue weighted by Crippen LogP contribution is -2.24. The van der Waals surface area contributed by atoms with Crippen molar-refractivity contribution in [1.82, 2.24) is 0 Å². The van der Waals surface area contributed by atoms with Crippen molar-refractivity contribution in [3.63, 3.8) is 0 Å². The summed E-state index contributed by atoms with van der Waals surface area (Å²) >= 11 is 0. The van der Waals surface area contributed by atoms with Gasteiger partial charge in [0.2, 0.25) is 0 Å². The first-order chi connectivity index (χ1) is 5.00. The highest BCUT2D eigenvalue weighted by Gasteiger charge is 2.31. The molecule has 0 aliphatic heterocycles. The lowest BCUT2D eigenvalue weighted by Gasteiger charge is -2.18. The molecular weight excluding hydrogens is 152 g/mol. The van der Waals surface area contributed by atoms with E-state index < -0.39 is 11.8 Å². The first-order valence-corrected chi connectivity index (χ1v) is 3.39. The lowest BCUT2D eigenvalue weighted by atomic mass is 10.0. The van der Waals surface area contributed by atoms with Gasteiger partial charge in [0.05, 0.1) is 0 Å². The summed E-state index contributed by atoms with van der Waals surface area (Å²) in [6.07, 6.45) is -0.366. The molecule has 0 unspecified atom stereocenters. The fourth-order valence-corrected chi connectivity index (χ4v) is 0.532. The van der Waals surface area contributed by atoms with Gasteiger partial charge in [-0.15, -0.1) is 0 Å². The smallest absolute Gasteiger partial charge is 0.207 e. The van der Waals surface area contributed by atoms with Gasteiger partial charge in [-0.25, -0.2) is 8.78 Å². The molecule has 0 rings (SSSR count). The zero-order valence-electron chi connectivity index (χ0n) is 6.59. The number of hydrogen-bond donors (Lipinski definition) is 0. The summed E-state index contributed by atoms with van der Waals surface area (Å²) < 4.78 is 25.4. The van der Waals surface area contributed by atoms with Crippen LogP contribution in [0.25, 0.3) is 10.4 Å². The molecule has 0 aromatic heterocycles. The van der Waals surface area contributed by atoms with Gasteiger partial charge in [0.1, 0.15) is 0 Å². The van der Waals surface area contributed by atoms with E-state index in [4.69, 9.17) is 5.53 Å². The molecular formula is C6H11F2N3. The lowest BCUT2D eigenvalue weighted by molar-refractivity contribution is -0.0497. The van der Waals surface area contributed by atoms with Crippen molar-refractivity contribution in [1.29, 1.82) is 0 Å². The van der Waals surface area contributed by atoms with E-state index in [1.807, 2.05) is 0 Å². The van der Waals surface area contributed by atoms with Crippen LogP contribution >= 0.6 is 0 Å². The quantitative estimate of drug-likeness (QED) is 0.347. The van der Waals surface area contributed by atoms with Crippen LogP contribution in [0.3, 0.4) is 0 Å². The van der Waals surface area contributed by atoms with Crippen molar-refractivity contribution in [2.24, 2.45) is 11.0 Å². The molecule has 0 bridgehead atoms. The molecule has 0 fully saturated rings. The predicted molar refractivity (Wildman–Crippen MR) is 38.4 cm³/mol. The van der Waals surface area contributed by atoms with Crippen LogP contribution in [0.4, 0.5) is 8.78 Å². The Morgan fingerprint density at radius 1 is 1.55 bits per heavy atom. The normalized spacial score (nSPS) is 11.4. The highest BCUT2D eigenvalue weighted by Crippen LogP contribution is 2.27. The Hall–Kier alpha value is -0.830. The van der Waals surface area contributed by atoms with E-state index in [2.05, 4.69) is 10.0 Å². The fraction of sp³-hybridized carbons (Fsp3) is 1.00. The van der Waals surface area contributed by atoms with Crippen molar-refractivity contribution < 1.29 is 8.78 Å². The van der Waals surface area contributed by atoms with E-state index in [1.165, 1.54) is 13.8 Å². The Morgan fingerprint density at radius 2 is 2.09 bits per heavy atom. The molecule has 0 aromatic carbocycles. The minimum Gasteiger partial charge on any atom is -0.207 e. The van der Waals surface area contributed by atoms with Crippen LogP contribution in [0.15, 0.2) is 5.11 Å². The SMILES string of the molecule is CC(C)C(F)(F)CCN=[N+]=[N-]. The van der Waals surface area contributed by atoms with Gasteiger partial charge in [-0.2, -0.15) is 0 Å². The van der Waals surface area contributed by atoms with Crippen molar-refractivity contribution in [2.45, 2.75) is 26.2 Å². The van der Waals surface area contributed by atoms with Crippen molar-refractivity contribution in [2.75, 3.05) is 6.54 Å². The van der Waals surface area contributed by atoms with Gasteiger partial charge in [-0.3, -0.25) is 0 Å². The summed E-state index contributed by atoms with van der Waals surface area (Å²) in [4.78, 5) is 2.39. The zero-order valence-corrected chi connectivity index (χ0v) is 6.59. The molecule has 0 saturated carbocycles. The summed E-state index contributed by atoms with van der Waals surface area (Å²) in [5, 5.41) is 3.04. The van der Waals surface area contributed by atoms with Gasteiger partial charge in [-0.05, 0) is 5.53 Å². The molecule has 0 amide bonds. The van der Waals surface area contributed by atoms with Crippen LogP contribution in [-0.4, -0.2) is 12.5 Å². The van der Waals surface area contributed by atoms with Gasteiger partial charge in [-0.1, -0.05) is 19.0 Å². The second kappa shape index (κ2) is 4.13. The summed E-state index contributed by atoms with van der Waals surface area (Å²) in [5.41, 5.74) is 7.82. The van der Waals surface area contributed by atoms with Gasteiger partial charge in [0.25, 0.3) is 5.92 Å². The Kier molecular flexibility index (Phi) is 3.82. The second-order valence-electron chi connectivity index (χ2n) is 2.62. The second-order valence-corrected chi connectivity index (χ2v) is 2.62. The average Bonchev–Trinajstić information content (AvgIpc) is 1.88. The largest absolute Gasteiger partial charge is 0.250 e. The molecule has 0 aliphatic rings. The molecule has 11 heavy (non-hydrogen) atoms. The number of azide groups is 1. The van der Waals surface area contributed by atoms with E-state index in [-0.39, 0.29) is 13.0 Å². The van der Waals surface area contributed by atoms with Crippen LogP contribution in [0.1, 0.15) is 20.3 Å². The van der Waals surface area contributed by atoms with Gasteiger partial charge in [0.15, 0.2) is 0 Å². The topological polar surface area (TPSA) is 48.8 Å². The van der Waals surface area contributed by atoms with Crippen LogP contribution in [0, 0.1) is 5.92 Å². The third-order valence-electron chi connectivity index (χ3n) is 1.45. The van der Waals surface area contributed by atoms with E-state index in [9.17, 15) is 8.78 Å². The third-order valence-corrected chi connectivity index (χ3v) is 1.45. The molecule has 0 aromatic rings. The first kappa shape index (κ1) is 10.2. The maximum atomic E-state index is 12.7. The molecule has 0 N–H and O–H groups in total. The molecule has 0 radical (unpaired) electrons. The summed E-state index contributed by atoms with van der Waals surface area (Å²) in [7, 11) is 0. The van der Waals surface area contributed by atoms with Crippen molar-refractivity contribution in [3.05, 3.63) is 10.4 Å². The summed E-state index contributed by atoms with van der Waals surface area (Å²) in [5.74, 6) is -3.41. The van der Waals surface area contributed by atoms with E-state index in [0.29, 0.717) is 0 Å². The maximum Gasteiger partial charge on any atom is 0.250 e. The maximum absolute atomic E-state index is 12.7. The highest BCUT2D eigenvalue weighted by atomic mass is 19.3. The molecule has 64 valence electrons. The molecule has 0 spiro atoms. The minimum atomic E-state index is -2.71. The molecule has 5 heteroatoms. The number of nitrogens with zero attached hydrogens (tertiary/aromatic N) is 3. The number of hydrogen-bond acceptors (Lipinski definition) is 1. The van der Waals surface area contributed by atoms with Crippen molar-refractivity contribution in [3.8, 4) is 0 Å². The molecule has 0 atom stereocenters. The number of alkyl halides is 2. The molecule has 3 nitrogen and oxygen atoms in total.